The molecule has 1 aromatic carbocycles. The number of carbonyl (C=O) groups is 2. The molecule has 1 fully saturated rings. The largest absolute Gasteiger partial charge is 0.481 e. The number of carboxylic acid groups (broad SMARTS) is 1. The van der Waals surface area contributed by atoms with Gasteiger partial charge >= 0.3 is 5.97 Å². The minimum absolute atomic E-state index is 0.164. The number of nitrogens with zero attached hydrogens (tertiary/aromatic N) is 2. The number of benzene rings is 1. The normalized spacial score (nSPS) is 18.6. The molecule has 0 saturated carbocycles. The van der Waals surface area contributed by atoms with E-state index in [1.165, 1.54) is 11.1 Å². The number of rotatable bonds is 5. The van der Waals surface area contributed by atoms with Crippen molar-refractivity contribution in [2.45, 2.75) is 39.0 Å². The lowest BCUT2D eigenvalue weighted by Crippen LogP contribution is -2.37. The summed E-state index contributed by atoms with van der Waals surface area (Å²) in [6.07, 6.45) is 3.99. The van der Waals surface area contributed by atoms with Crippen molar-refractivity contribution in [3.8, 4) is 0 Å². The Bertz CT molecular complexity index is 621. The van der Waals surface area contributed by atoms with Crippen LogP contribution < -0.4 is 4.90 Å². The van der Waals surface area contributed by atoms with Crippen molar-refractivity contribution in [2.75, 3.05) is 31.1 Å². The summed E-state index contributed by atoms with van der Waals surface area (Å²) in [5.41, 5.74) is 3.66. The van der Waals surface area contributed by atoms with Gasteiger partial charge in [0.15, 0.2) is 0 Å². The Kier molecular flexibility index (Phi) is 5.19. The van der Waals surface area contributed by atoms with Crippen LogP contribution in [0.15, 0.2) is 18.2 Å². The standard InChI is InChI=1S/C19H26N2O3/c1-2-18(22)21-12-8-16-13-14(3-4-17(16)21)5-9-20-10-6-15(7-11-20)19(23)24/h3-4,13,15H,2,5-12H2,1H3,(H,23,24). The van der Waals surface area contributed by atoms with E-state index in [9.17, 15) is 9.59 Å². The first-order valence-corrected chi connectivity index (χ1v) is 8.95. The lowest BCUT2D eigenvalue weighted by Gasteiger charge is -2.30. The number of hydrogen-bond acceptors (Lipinski definition) is 3. The summed E-state index contributed by atoms with van der Waals surface area (Å²) in [6.45, 7) is 5.43. The molecule has 0 unspecified atom stereocenters. The summed E-state index contributed by atoms with van der Waals surface area (Å²) in [6, 6.07) is 6.45. The van der Waals surface area contributed by atoms with Crippen molar-refractivity contribution < 1.29 is 14.7 Å². The van der Waals surface area contributed by atoms with Crippen LogP contribution in [0.3, 0.4) is 0 Å². The summed E-state index contributed by atoms with van der Waals surface area (Å²) in [5, 5.41) is 9.05. The first-order valence-electron chi connectivity index (χ1n) is 8.95. The van der Waals surface area contributed by atoms with E-state index in [1.807, 2.05) is 11.8 Å². The number of piperidine rings is 1. The molecule has 0 atom stereocenters. The van der Waals surface area contributed by atoms with Gasteiger partial charge in [-0.15, -0.1) is 0 Å². The zero-order chi connectivity index (χ0) is 17.1. The van der Waals surface area contributed by atoms with Gasteiger partial charge in [-0.25, -0.2) is 0 Å². The third-order valence-corrected chi connectivity index (χ3v) is 5.30. The lowest BCUT2D eigenvalue weighted by atomic mass is 9.96. The van der Waals surface area contributed by atoms with Crippen LogP contribution in [-0.4, -0.2) is 48.1 Å². The van der Waals surface area contributed by atoms with Crippen molar-refractivity contribution in [1.82, 2.24) is 4.90 Å². The van der Waals surface area contributed by atoms with E-state index in [0.29, 0.717) is 6.42 Å². The van der Waals surface area contributed by atoms with Crippen LogP contribution >= 0.6 is 0 Å². The Hall–Kier alpha value is -1.88. The summed E-state index contributed by atoms with van der Waals surface area (Å²) >= 11 is 0. The second kappa shape index (κ2) is 7.34. The van der Waals surface area contributed by atoms with Gasteiger partial charge in [0.2, 0.25) is 5.91 Å². The maximum Gasteiger partial charge on any atom is 0.306 e. The smallest absolute Gasteiger partial charge is 0.306 e. The van der Waals surface area contributed by atoms with E-state index in [1.54, 1.807) is 0 Å². The quantitative estimate of drug-likeness (QED) is 0.900. The predicted octanol–water partition coefficient (Wildman–Crippen LogP) is 2.32. The van der Waals surface area contributed by atoms with Gasteiger partial charge in [0.1, 0.15) is 0 Å². The highest BCUT2D eigenvalue weighted by Crippen LogP contribution is 2.29. The Balaban J connectivity index is 1.54. The van der Waals surface area contributed by atoms with Crippen molar-refractivity contribution in [2.24, 2.45) is 5.92 Å². The van der Waals surface area contributed by atoms with E-state index >= 15 is 0 Å². The molecule has 24 heavy (non-hydrogen) atoms. The van der Waals surface area contributed by atoms with Crippen molar-refractivity contribution >= 4 is 17.6 Å². The zero-order valence-corrected chi connectivity index (χ0v) is 14.3. The molecule has 2 aliphatic rings. The van der Waals surface area contributed by atoms with Crippen LogP contribution in [-0.2, 0) is 22.4 Å². The number of likely N-dealkylation sites (tertiary alicyclic amines) is 1. The number of carbonyl (C=O) groups excluding carboxylic acids is 1. The highest BCUT2D eigenvalue weighted by atomic mass is 16.4. The Morgan fingerprint density at radius 1 is 1.21 bits per heavy atom. The molecular formula is C19H26N2O3. The van der Waals surface area contributed by atoms with Crippen LogP contribution in [0, 0.1) is 5.92 Å². The molecule has 0 aliphatic carbocycles. The first-order chi connectivity index (χ1) is 11.6. The van der Waals surface area contributed by atoms with E-state index in [0.717, 1.165) is 57.5 Å². The molecule has 2 heterocycles. The van der Waals surface area contributed by atoms with Crippen molar-refractivity contribution in [1.29, 1.82) is 0 Å². The number of amides is 1. The Morgan fingerprint density at radius 2 is 1.96 bits per heavy atom. The fourth-order valence-corrected chi connectivity index (χ4v) is 3.75. The molecule has 0 aromatic heterocycles. The maximum absolute atomic E-state index is 11.9. The average molecular weight is 330 g/mol. The highest BCUT2D eigenvalue weighted by Gasteiger charge is 2.25. The number of hydrogen-bond donors (Lipinski definition) is 1. The summed E-state index contributed by atoms with van der Waals surface area (Å²) < 4.78 is 0. The van der Waals surface area contributed by atoms with Gasteiger partial charge in [0.25, 0.3) is 0 Å². The SMILES string of the molecule is CCC(=O)N1CCc2cc(CCN3CCC(C(=O)O)CC3)ccc21. The molecular weight excluding hydrogens is 304 g/mol. The topological polar surface area (TPSA) is 60.9 Å². The van der Waals surface area contributed by atoms with Crippen LogP contribution in [0.2, 0.25) is 0 Å². The molecule has 5 heteroatoms. The zero-order valence-electron chi connectivity index (χ0n) is 14.3. The predicted molar refractivity (Wildman–Crippen MR) is 93.3 cm³/mol. The van der Waals surface area contributed by atoms with Gasteiger partial charge in [-0.3, -0.25) is 9.59 Å². The van der Waals surface area contributed by atoms with Crippen molar-refractivity contribution in [3.63, 3.8) is 0 Å². The average Bonchev–Trinajstić information content (AvgIpc) is 3.02. The van der Waals surface area contributed by atoms with Crippen LogP contribution in [0.1, 0.15) is 37.3 Å². The fourth-order valence-electron chi connectivity index (χ4n) is 3.75. The fraction of sp³-hybridized carbons (Fsp3) is 0.579. The summed E-state index contributed by atoms with van der Waals surface area (Å²) in [5.74, 6) is -0.620. The molecule has 1 amide bonds. The van der Waals surface area contributed by atoms with Gasteiger partial charge < -0.3 is 14.9 Å². The molecule has 0 spiro atoms. The summed E-state index contributed by atoms with van der Waals surface area (Å²) in [7, 11) is 0. The van der Waals surface area contributed by atoms with Gasteiger partial charge in [-0.1, -0.05) is 19.1 Å². The van der Waals surface area contributed by atoms with E-state index in [2.05, 4.69) is 23.1 Å². The molecule has 1 saturated heterocycles. The number of anilines is 1. The number of fused-ring (bicyclic) bond motifs is 1. The van der Waals surface area contributed by atoms with Gasteiger partial charge in [-0.2, -0.15) is 0 Å². The molecule has 1 aromatic rings. The van der Waals surface area contributed by atoms with Gasteiger partial charge in [0, 0.05) is 25.2 Å². The Morgan fingerprint density at radius 3 is 2.62 bits per heavy atom. The second-order valence-electron chi connectivity index (χ2n) is 6.82. The minimum atomic E-state index is -0.653. The van der Waals surface area contributed by atoms with E-state index < -0.39 is 5.97 Å². The highest BCUT2D eigenvalue weighted by molar-refractivity contribution is 5.95. The molecule has 1 N–H and O–H groups in total. The van der Waals surface area contributed by atoms with E-state index in [-0.39, 0.29) is 11.8 Å². The molecule has 0 radical (unpaired) electrons. The summed E-state index contributed by atoms with van der Waals surface area (Å²) in [4.78, 5) is 27.2. The van der Waals surface area contributed by atoms with Crippen LogP contribution in [0.5, 0.6) is 0 Å². The first kappa shape index (κ1) is 17.0. The van der Waals surface area contributed by atoms with Crippen LogP contribution in [0.25, 0.3) is 0 Å². The number of aliphatic carboxylic acids is 1. The Labute approximate surface area is 143 Å². The van der Waals surface area contributed by atoms with E-state index in [4.69, 9.17) is 5.11 Å². The maximum atomic E-state index is 11.9. The second-order valence-corrected chi connectivity index (χ2v) is 6.82. The van der Waals surface area contributed by atoms with Gasteiger partial charge in [0.05, 0.1) is 5.92 Å². The molecule has 5 nitrogen and oxygen atoms in total. The number of carboxylic acids is 1. The lowest BCUT2D eigenvalue weighted by molar-refractivity contribution is -0.143. The van der Waals surface area contributed by atoms with Crippen LogP contribution in [0.4, 0.5) is 5.69 Å². The minimum Gasteiger partial charge on any atom is -0.481 e. The third-order valence-electron chi connectivity index (χ3n) is 5.30. The molecule has 0 bridgehead atoms. The molecule has 2 aliphatic heterocycles. The molecule has 130 valence electrons. The monoisotopic (exact) mass is 330 g/mol. The molecule has 3 rings (SSSR count). The van der Waals surface area contributed by atoms with Gasteiger partial charge in [-0.05, 0) is 56.0 Å². The van der Waals surface area contributed by atoms with Crippen molar-refractivity contribution in [3.05, 3.63) is 29.3 Å². The third kappa shape index (κ3) is 3.61.